The van der Waals surface area contributed by atoms with E-state index in [2.05, 4.69) is 6.08 Å². The van der Waals surface area contributed by atoms with Gasteiger partial charge in [0.1, 0.15) is 6.29 Å². The van der Waals surface area contributed by atoms with Gasteiger partial charge in [-0.15, -0.1) is 0 Å². The minimum absolute atomic E-state index is 0.00407. The predicted octanol–water partition coefficient (Wildman–Crippen LogP) is 3.18. The predicted molar refractivity (Wildman–Crippen MR) is 74.7 cm³/mol. The van der Waals surface area contributed by atoms with Crippen molar-refractivity contribution < 1.29 is 9.59 Å². The minimum atomic E-state index is -0.00407. The number of allylic oxidation sites excluding steroid dienone is 2. The van der Waals surface area contributed by atoms with Gasteiger partial charge < -0.3 is 9.69 Å². The third-order valence-corrected chi connectivity index (χ3v) is 3.35. The topological polar surface area (TPSA) is 37.4 Å². The van der Waals surface area contributed by atoms with Crippen LogP contribution in [0.3, 0.4) is 0 Å². The van der Waals surface area contributed by atoms with Gasteiger partial charge in [0.05, 0.1) is 0 Å². The van der Waals surface area contributed by atoms with Gasteiger partial charge in [0, 0.05) is 24.2 Å². The molecular formula is C16H19NO2. The SMILES string of the molecule is O=CCCN(C(=O)c1ccccc1)C1=CCCCC1. The summed E-state index contributed by atoms with van der Waals surface area (Å²) in [6.45, 7) is 0.475. The van der Waals surface area contributed by atoms with Crippen LogP contribution in [-0.2, 0) is 4.79 Å². The van der Waals surface area contributed by atoms with Crippen molar-refractivity contribution in [1.29, 1.82) is 0 Å². The fraction of sp³-hybridized carbons (Fsp3) is 0.375. The molecule has 0 saturated carbocycles. The van der Waals surface area contributed by atoms with Crippen molar-refractivity contribution in [2.24, 2.45) is 0 Å². The van der Waals surface area contributed by atoms with Gasteiger partial charge in [0.15, 0.2) is 0 Å². The molecule has 0 fully saturated rings. The van der Waals surface area contributed by atoms with Crippen LogP contribution in [0.25, 0.3) is 0 Å². The van der Waals surface area contributed by atoms with E-state index in [-0.39, 0.29) is 5.91 Å². The summed E-state index contributed by atoms with van der Waals surface area (Å²) in [4.78, 5) is 24.9. The number of carbonyl (C=O) groups is 2. The molecule has 0 saturated heterocycles. The summed E-state index contributed by atoms with van der Waals surface area (Å²) in [6, 6.07) is 9.26. The zero-order valence-electron chi connectivity index (χ0n) is 11.0. The molecule has 0 bridgehead atoms. The highest BCUT2D eigenvalue weighted by Crippen LogP contribution is 2.22. The van der Waals surface area contributed by atoms with Gasteiger partial charge in [-0.1, -0.05) is 24.3 Å². The van der Waals surface area contributed by atoms with Crippen LogP contribution in [0.2, 0.25) is 0 Å². The third kappa shape index (κ3) is 3.53. The maximum Gasteiger partial charge on any atom is 0.258 e. The minimum Gasteiger partial charge on any atom is -0.312 e. The molecule has 100 valence electrons. The number of amides is 1. The molecule has 0 unspecified atom stereocenters. The Balaban J connectivity index is 2.19. The lowest BCUT2D eigenvalue weighted by atomic mass is 10.0. The van der Waals surface area contributed by atoms with Crippen LogP contribution in [0, 0.1) is 0 Å². The molecule has 19 heavy (non-hydrogen) atoms. The fourth-order valence-electron chi connectivity index (χ4n) is 2.36. The van der Waals surface area contributed by atoms with Gasteiger partial charge in [-0.3, -0.25) is 4.79 Å². The molecule has 0 atom stereocenters. The number of aldehydes is 1. The second-order valence-electron chi connectivity index (χ2n) is 4.72. The van der Waals surface area contributed by atoms with Crippen LogP contribution in [0.15, 0.2) is 42.1 Å². The maximum atomic E-state index is 12.5. The van der Waals surface area contributed by atoms with Crippen LogP contribution in [-0.4, -0.2) is 23.6 Å². The number of benzene rings is 1. The molecule has 0 heterocycles. The first kappa shape index (κ1) is 13.5. The van der Waals surface area contributed by atoms with Crippen LogP contribution in [0.4, 0.5) is 0 Å². The lowest BCUT2D eigenvalue weighted by Crippen LogP contribution is -2.32. The zero-order valence-corrected chi connectivity index (χ0v) is 11.0. The van der Waals surface area contributed by atoms with E-state index in [1.807, 2.05) is 30.3 Å². The van der Waals surface area contributed by atoms with Gasteiger partial charge >= 0.3 is 0 Å². The number of hydrogen-bond acceptors (Lipinski definition) is 2. The van der Waals surface area contributed by atoms with Crippen LogP contribution < -0.4 is 0 Å². The summed E-state index contributed by atoms with van der Waals surface area (Å²) in [5.41, 5.74) is 1.75. The lowest BCUT2D eigenvalue weighted by Gasteiger charge is -2.27. The Kier molecular flexibility index (Phi) is 4.90. The van der Waals surface area contributed by atoms with E-state index in [0.717, 1.165) is 31.2 Å². The normalized spacial score (nSPS) is 14.6. The van der Waals surface area contributed by atoms with E-state index >= 15 is 0 Å². The first-order valence-corrected chi connectivity index (χ1v) is 6.82. The van der Waals surface area contributed by atoms with Gasteiger partial charge in [-0.25, -0.2) is 0 Å². The highest BCUT2D eigenvalue weighted by Gasteiger charge is 2.20. The molecule has 0 spiro atoms. The standard InChI is InChI=1S/C16H19NO2/c18-13-7-12-17(15-10-5-2-6-11-15)16(19)14-8-3-1-4-9-14/h1,3-4,8-10,13H,2,5-7,11-12H2. The van der Waals surface area contributed by atoms with Crippen LogP contribution in [0.5, 0.6) is 0 Å². The third-order valence-electron chi connectivity index (χ3n) is 3.35. The Morgan fingerprint density at radius 3 is 2.63 bits per heavy atom. The summed E-state index contributed by atoms with van der Waals surface area (Å²) < 4.78 is 0. The van der Waals surface area contributed by atoms with E-state index in [0.29, 0.717) is 18.5 Å². The molecule has 3 heteroatoms. The monoisotopic (exact) mass is 257 g/mol. The highest BCUT2D eigenvalue weighted by molar-refractivity contribution is 5.95. The van der Waals surface area contributed by atoms with E-state index in [1.54, 1.807) is 4.90 Å². The fourth-order valence-corrected chi connectivity index (χ4v) is 2.36. The molecule has 0 N–H and O–H groups in total. The molecule has 3 nitrogen and oxygen atoms in total. The quantitative estimate of drug-likeness (QED) is 0.760. The zero-order chi connectivity index (χ0) is 13.5. The molecule has 1 aliphatic carbocycles. The average Bonchev–Trinajstić information content (AvgIpc) is 2.49. The van der Waals surface area contributed by atoms with Crippen molar-refractivity contribution in [2.45, 2.75) is 32.1 Å². The van der Waals surface area contributed by atoms with Crippen molar-refractivity contribution in [2.75, 3.05) is 6.54 Å². The maximum absolute atomic E-state index is 12.5. The van der Waals surface area contributed by atoms with Gasteiger partial charge in [-0.2, -0.15) is 0 Å². The Bertz CT molecular complexity index is 465. The number of rotatable bonds is 5. The van der Waals surface area contributed by atoms with Crippen LogP contribution >= 0.6 is 0 Å². The number of hydrogen-bond donors (Lipinski definition) is 0. The Hall–Kier alpha value is -1.90. The molecule has 2 rings (SSSR count). The van der Waals surface area contributed by atoms with Crippen molar-refractivity contribution in [3.05, 3.63) is 47.7 Å². The molecule has 1 aromatic rings. The molecule has 0 aromatic heterocycles. The first-order chi connectivity index (χ1) is 9.33. The Morgan fingerprint density at radius 1 is 1.21 bits per heavy atom. The second-order valence-corrected chi connectivity index (χ2v) is 4.72. The molecule has 0 aliphatic heterocycles. The largest absolute Gasteiger partial charge is 0.312 e. The van der Waals surface area contributed by atoms with Crippen molar-refractivity contribution in [3.63, 3.8) is 0 Å². The molecule has 0 radical (unpaired) electrons. The Labute approximate surface area is 113 Å². The molecular weight excluding hydrogens is 238 g/mol. The van der Waals surface area contributed by atoms with E-state index < -0.39 is 0 Å². The lowest BCUT2D eigenvalue weighted by molar-refractivity contribution is -0.107. The average molecular weight is 257 g/mol. The summed E-state index contributed by atoms with van der Waals surface area (Å²) in [5, 5.41) is 0. The second kappa shape index (κ2) is 6.88. The van der Waals surface area contributed by atoms with Crippen molar-refractivity contribution >= 4 is 12.2 Å². The van der Waals surface area contributed by atoms with E-state index in [1.165, 1.54) is 6.42 Å². The van der Waals surface area contributed by atoms with Crippen molar-refractivity contribution in [1.82, 2.24) is 4.90 Å². The Morgan fingerprint density at radius 2 is 2.00 bits per heavy atom. The van der Waals surface area contributed by atoms with Crippen molar-refractivity contribution in [3.8, 4) is 0 Å². The first-order valence-electron chi connectivity index (χ1n) is 6.82. The van der Waals surface area contributed by atoms with E-state index in [9.17, 15) is 9.59 Å². The summed E-state index contributed by atoms with van der Waals surface area (Å²) in [6.07, 6.45) is 7.64. The smallest absolute Gasteiger partial charge is 0.258 e. The molecule has 1 aromatic carbocycles. The summed E-state index contributed by atoms with van der Waals surface area (Å²) >= 11 is 0. The highest BCUT2D eigenvalue weighted by atomic mass is 16.2. The summed E-state index contributed by atoms with van der Waals surface area (Å²) in [5.74, 6) is -0.00407. The molecule has 1 aliphatic rings. The van der Waals surface area contributed by atoms with Gasteiger partial charge in [0.25, 0.3) is 5.91 Å². The molecule has 1 amide bonds. The number of nitrogens with zero attached hydrogens (tertiary/aromatic N) is 1. The van der Waals surface area contributed by atoms with Gasteiger partial charge in [0.2, 0.25) is 0 Å². The van der Waals surface area contributed by atoms with Gasteiger partial charge in [-0.05, 0) is 37.8 Å². The summed E-state index contributed by atoms with van der Waals surface area (Å²) in [7, 11) is 0. The number of carbonyl (C=O) groups excluding carboxylic acids is 2. The van der Waals surface area contributed by atoms with Crippen LogP contribution in [0.1, 0.15) is 42.5 Å². The van der Waals surface area contributed by atoms with E-state index in [4.69, 9.17) is 0 Å².